The van der Waals surface area contributed by atoms with Crippen molar-refractivity contribution in [2.75, 3.05) is 19.5 Å². The molecule has 3 aromatic rings. The van der Waals surface area contributed by atoms with Gasteiger partial charge in [0.25, 0.3) is 4.84 Å². The van der Waals surface area contributed by atoms with Crippen molar-refractivity contribution in [3.63, 3.8) is 0 Å². The lowest BCUT2D eigenvalue weighted by Gasteiger charge is -2.10. The number of carbonyl (C=O) groups is 3. The Morgan fingerprint density at radius 2 is 1.66 bits per heavy atom. The summed E-state index contributed by atoms with van der Waals surface area (Å²) in [5, 5.41) is 2.68. The van der Waals surface area contributed by atoms with Gasteiger partial charge in [-0.15, -0.1) is 0 Å². The monoisotopic (exact) mass is 414 g/mol. The van der Waals surface area contributed by atoms with Crippen LogP contribution in [0, 0.1) is 4.84 Å². The number of methoxy groups -OCH3 is 2. The highest BCUT2D eigenvalue weighted by molar-refractivity contribution is 7.71. The second-order valence-corrected chi connectivity index (χ2v) is 6.42. The summed E-state index contributed by atoms with van der Waals surface area (Å²) < 4.78 is 16.6. The zero-order chi connectivity index (χ0) is 21.0. The molecule has 150 valence electrons. The lowest BCUT2D eigenvalue weighted by atomic mass is 10.1. The van der Waals surface area contributed by atoms with Crippen molar-refractivity contribution >= 4 is 46.9 Å². The smallest absolute Gasteiger partial charge is 0.337 e. The first-order valence-electron chi connectivity index (χ1n) is 8.63. The van der Waals surface area contributed by atoms with Crippen molar-refractivity contribution in [2.45, 2.75) is 13.0 Å². The Morgan fingerprint density at radius 3 is 2.28 bits per heavy atom. The average molecular weight is 414 g/mol. The molecule has 0 spiro atoms. The molecule has 1 N–H and O–H groups in total. The van der Waals surface area contributed by atoms with E-state index in [4.69, 9.17) is 16.6 Å². The number of fused-ring (bicyclic) bond motifs is 1. The van der Waals surface area contributed by atoms with Gasteiger partial charge < -0.3 is 19.2 Å². The molecule has 0 unspecified atom stereocenters. The predicted molar refractivity (Wildman–Crippen MR) is 107 cm³/mol. The van der Waals surface area contributed by atoms with Gasteiger partial charge >= 0.3 is 11.9 Å². The summed E-state index contributed by atoms with van der Waals surface area (Å²) in [5.74, 6) is -1.60. The third kappa shape index (κ3) is 4.52. The first-order chi connectivity index (χ1) is 13.9. The highest BCUT2D eigenvalue weighted by atomic mass is 32.1. The van der Waals surface area contributed by atoms with E-state index in [1.165, 1.54) is 32.4 Å². The SMILES string of the molecule is COC(=O)c1cc(NC(=O)CCn2c(=S)oc3ccccc32)cc(C(=O)OC)c1. The van der Waals surface area contributed by atoms with Crippen LogP contribution in [-0.4, -0.2) is 36.6 Å². The molecular weight excluding hydrogens is 396 g/mol. The van der Waals surface area contributed by atoms with Crippen LogP contribution in [-0.2, 0) is 20.8 Å². The number of aryl methyl sites for hydroxylation is 1. The summed E-state index contributed by atoms with van der Waals surface area (Å²) in [4.78, 5) is 36.4. The normalized spacial score (nSPS) is 10.6. The maximum atomic E-state index is 12.4. The third-order valence-corrected chi connectivity index (χ3v) is 4.50. The fourth-order valence-corrected chi connectivity index (χ4v) is 3.11. The minimum absolute atomic E-state index is 0.105. The van der Waals surface area contributed by atoms with Gasteiger partial charge in [0.15, 0.2) is 5.58 Å². The number of benzene rings is 2. The number of oxazole rings is 1. The second-order valence-electron chi connectivity index (χ2n) is 6.07. The minimum Gasteiger partial charge on any atom is -0.465 e. The van der Waals surface area contributed by atoms with Crippen LogP contribution >= 0.6 is 12.2 Å². The number of para-hydroxylation sites is 2. The zero-order valence-corrected chi connectivity index (χ0v) is 16.6. The lowest BCUT2D eigenvalue weighted by Crippen LogP contribution is -2.16. The molecule has 0 atom stereocenters. The van der Waals surface area contributed by atoms with Crippen LogP contribution < -0.4 is 5.32 Å². The number of hydrogen-bond donors (Lipinski definition) is 1. The molecular formula is C20H18N2O6S. The molecule has 0 radical (unpaired) electrons. The Balaban J connectivity index is 1.77. The Bertz CT molecular complexity index is 1110. The standard InChI is InChI=1S/C20H18N2O6S/c1-26-18(24)12-9-13(19(25)27-2)11-14(10-12)21-17(23)7-8-22-15-5-3-4-6-16(15)28-20(22)29/h3-6,9-11H,7-8H2,1-2H3,(H,21,23). The molecule has 8 nitrogen and oxygen atoms in total. The molecule has 0 saturated carbocycles. The molecule has 3 rings (SSSR count). The number of nitrogens with one attached hydrogen (secondary N) is 1. The van der Waals surface area contributed by atoms with Crippen LogP contribution in [0.3, 0.4) is 0 Å². The van der Waals surface area contributed by atoms with Crippen molar-refractivity contribution in [1.82, 2.24) is 4.57 Å². The maximum absolute atomic E-state index is 12.4. The van der Waals surface area contributed by atoms with Gasteiger partial charge in [-0.3, -0.25) is 9.36 Å². The van der Waals surface area contributed by atoms with E-state index < -0.39 is 11.9 Å². The molecule has 0 aliphatic rings. The number of anilines is 1. The van der Waals surface area contributed by atoms with Crippen LogP contribution in [0.1, 0.15) is 27.1 Å². The van der Waals surface area contributed by atoms with Gasteiger partial charge in [0.05, 0.1) is 30.9 Å². The number of nitrogens with zero attached hydrogens (tertiary/aromatic N) is 1. The molecule has 1 heterocycles. The average Bonchev–Trinajstić information content (AvgIpc) is 3.05. The molecule has 0 aliphatic heterocycles. The van der Waals surface area contributed by atoms with E-state index in [1.54, 1.807) is 10.6 Å². The molecule has 0 aliphatic carbocycles. The van der Waals surface area contributed by atoms with Crippen molar-refractivity contribution < 1.29 is 28.3 Å². The Kier molecular flexibility index (Phi) is 6.08. The highest BCUT2D eigenvalue weighted by Gasteiger charge is 2.15. The topological polar surface area (TPSA) is 99.8 Å². The predicted octanol–water partition coefficient (Wildman–Crippen LogP) is 3.57. The van der Waals surface area contributed by atoms with Gasteiger partial charge in [0.2, 0.25) is 5.91 Å². The number of aromatic nitrogens is 1. The number of amides is 1. The maximum Gasteiger partial charge on any atom is 0.337 e. The van der Waals surface area contributed by atoms with Crippen molar-refractivity contribution in [1.29, 1.82) is 0 Å². The summed E-state index contributed by atoms with van der Waals surface area (Å²) in [6.07, 6.45) is 0.105. The molecule has 1 aromatic heterocycles. The molecule has 29 heavy (non-hydrogen) atoms. The number of ether oxygens (including phenoxy) is 2. The van der Waals surface area contributed by atoms with E-state index in [0.717, 1.165) is 5.52 Å². The molecule has 0 saturated heterocycles. The van der Waals surface area contributed by atoms with Crippen LogP contribution in [0.2, 0.25) is 0 Å². The fourth-order valence-electron chi connectivity index (χ4n) is 2.83. The molecule has 0 fully saturated rings. The van der Waals surface area contributed by atoms with Crippen LogP contribution in [0.5, 0.6) is 0 Å². The Morgan fingerprint density at radius 1 is 1.03 bits per heavy atom. The highest BCUT2D eigenvalue weighted by Crippen LogP contribution is 2.19. The first-order valence-corrected chi connectivity index (χ1v) is 9.03. The van der Waals surface area contributed by atoms with Gasteiger partial charge in [0.1, 0.15) is 0 Å². The van der Waals surface area contributed by atoms with E-state index >= 15 is 0 Å². The number of rotatable bonds is 6. The Hall–Kier alpha value is -3.46. The molecule has 1 amide bonds. The zero-order valence-electron chi connectivity index (χ0n) is 15.8. The van der Waals surface area contributed by atoms with Gasteiger partial charge in [-0.05, 0) is 42.5 Å². The summed E-state index contributed by atoms with van der Waals surface area (Å²) in [6.45, 7) is 0.308. The van der Waals surface area contributed by atoms with E-state index in [9.17, 15) is 14.4 Å². The van der Waals surface area contributed by atoms with E-state index in [-0.39, 0.29) is 34.0 Å². The number of carbonyl (C=O) groups excluding carboxylic acids is 3. The van der Waals surface area contributed by atoms with E-state index in [1.807, 2.05) is 18.2 Å². The van der Waals surface area contributed by atoms with Crippen molar-refractivity contribution in [3.8, 4) is 0 Å². The largest absolute Gasteiger partial charge is 0.465 e. The van der Waals surface area contributed by atoms with Crippen molar-refractivity contribution in [2.24, 2.45) is 0 Å². The third-order valence-electron chi connectivity index (χ3n) is 4.20. The minimum atomic E-state index is -0.637. The quantitative estimate of drug-likeness (QED) is 0.486. The van der Waals surface area contributed by atoms with Crippen LogP contribution in [0.4, 0.5) is 5.69 Å². The van der Waals surface area contributed by atoms with Gasteiger partial charge in [0, 0.05) is 18.7 Å². The van der Waals surface area contributed by atoms with Gasteiger partial charge in [-0.1, -0.05) is 12.1 Å². The van der Waals surface area contributed by atoms with Crippen LogP contribution in [0.15, 0.2) is 46.9 Å². The van der Waals surface area contributed by atoms with Gasteiger partial charge in [-0.2, -0.15) is 0 Å². The summed E-state index contributed by atoms with van der Waals surface area (Å²) in [6, 6.07) is 11.5. The molecule has 9 heteroatoms. The summed E-state index contributed by atoms with van der Waals surface area (Å²) in [5.41, 5.74) is 1.96. The lowest BCUT2D eigenvalue weighted by molar-refractivity contribution is -0.116. The summed E-state index contributed by atoms with van der Waals surface area (Å²) >= 11 is 5.21. The second kappa shape index (κ2) is 8.70. The fraction of sp³-hybridized carbons (Fsp3) is 0.200. The summed E-state index contributed by atoms with van der Waals surface area (Å²) in [7, 11) is 2.45. The first kappa shape index (κ1) is 20.3. The van der Waals surface area contributed by atoms with E-state index in [2.05, 4.69) is 14.8 Å². The van der Waals surface area contributed by atoms with Crippen LogP contribution in [0.25, 0.3) is 11.1 Å². The van der Waals surface area contributed by atoms with Gasteiger partial charge in [-0.25, -0.2) is 9.59 Å². The van der Waals surface area contributed by atoms with Crippen molar-refractivity contribution in [3.05, 3.63) is 58.4 Å². The van der Waals surface area contributed by atoms with E-state index in [0.29, 0.717) is 12.1 Å². The number of esters is 2. The molecule has 2 aromatic carbocycles. The Labute approximate surface area is 171 Å². The number of hydrogen-bond acceptors (Lipinski definition) is 7. The molecule has 0 bridgehead atoms.